The third-order valence-electron chi connectivity index (χ3n) is 4.76. The number of amides is 1. The number of carbonyl (C=O) groups is 1. The molecule has 0 aromatic carbocycles. The molecule has 1 aromatic rings. The first kappa shape index (κ1) is 20.6. The van der Waals surface area contributed by atoms with Gasteiger partial charge in [0.1, 0.15) is 11.6 Å². The second kappa shape index (κ2) is 9.87. The fourth-order valence-corrected chi connectivity index (χ4v) is 3.87. The Labute approximate surface area is 160 Å². The quantitative estimate of drug-likeness (QED) is 0.552. The van der Waals surface area contributed by atoms with Crippen molar-refractivity contribution in [1.29, 1.82) is 0 Å². The second-order valence-corrected chi connectivity index (χ2v) is 8.15. The number of carbonyl (C=O) groups excluding carboxylic acids is 1. The molecule has 146 valence electrons. The van der Waals surface area contributed by atoms with Crippen LogP contribution >= 0.6 is 11.3 Å². The minimum atomic E-state index is -0.0110. The van der Waals surface area contributed by atoms with Crippen molar-refractivity contribution in [1.82, 2.24) is 25.4 Å². The normalized spacial score (nSPS) is 18.2. The molecule has 2 rings (SSSR count). The average Bonchev–Trinajstić information content (AvgIpc) is 3.19. The Balaban J connectivity index is 1.96. The summed E-state index contributed by atoms with van der Waals surface area (Å²) < 4.78 is 0. The Morgan fingerprint density at radius 3 is 2.77 bits per heavy atom. The number of hydrogen-bond acceptors (Lipinski definition) is 5. The molecule has 0 radical (unpaired) electrons. The van der Waals surface area contributed by atoms with Crippen LogP contribution in [0.2, 0.25) is 0 Å². The molecule has 0 spiro atoms. The maximum absolute atomic E-state index is 11.9. The standard InChI is InChI=1S/C18H32N6OS/c1-6-24-9-7-8-15(24)10-19-18(21-12-17(25)23(4)5)20-11-16-22-13(2)14(3)26-16/h15H,6-12H2,1-5H3,(H2,19,20,21). The number of thiazole rings is 1. The first-order valence-corrected chi connectivity index (χ1v) is 10.1. The Kier molecular flexibility index (Phi) is 7.84. The van der Waals surface area contributed by atoms with Crippen LogP contribution < -0.4 is 10.6 Å². The molecule has 0 saturated carbocycles. The van der Waals surface area contributed by atoms with Crippen molar-refractivity contribution in [3.63, 3.8) is 0 Å². The lowest BCUT2D eigenvalue weighted by atomic mass is 10.2. The van der Waals surface area contributed by atoms with E-state index in [1.807, 2.05) is 6.92 Å². The van der Waals surface area contributed by atoms with Crippen molar-refractivity contribution in [2.45, 2.75) is 46.2 Å². The molecule has 1 fully saturated rings. The van der Waals surface area contributed by atoms with Crippen molar-refractivity contribution >= 4 is 23.2 Å². The number of likely N-dealkylation sites (tertiary alicyclic amines) is 1. The van der Waals surface area contributed by atoms with Gasteiger partial charge in [-0.15, -0.1) is 11.3 Å². The van der Waals surface area contributed by atoms with E-state index in [1.54, 1.807) is 30.3 Å². The Morgan fingerprint density at radius 2 is 2.15 bits per heavy atom. The smallest absolute Gasteiger partial charge is 0.243 e. The number of rotatable bonds is 7. The van der Waals surface area contributed by atoms with Crippen LogP contribution in [0.15, 0.2) is 4.99 Å². The average molecular weight is 381 g/mol. The summed E-state index contributed by atoms with van der Waals surface area (Å²) in [5.41, 5.74) is 1.07. The van der Waals surface area contributed by atoms with E-state index in [1.165, 1.54) is 24.3 Å². The van der Waals surface area contributed by atoms with E-state index >= 15 is 0 Å². The predicted molar refractivity (Wildman–Crippen MR) is 108 cm³/mol. The molecule has 1 aliphatic rings. The SMILES string of the molecule is CCN1CCCC1CNC(=NCC(=O)N(C)C)NCc1nc(C)c(C)s1. The zero-order valence-corrected chi connectivity index (χ0v) is 17.4. The number of aryl methyl sites for hydroxylation is 2. The van der Waals surface area contributed by atoms with E-state index in [0.717, 1.165) is 23.8 Å². The van der Waals surface area contributed by atoms with Gasteiger partial charge in [-0.25, -0.2) is 9.98 Å². The lowest BCUT2D eigenvalue weighted by Gasteiger charge is -2.24. The summed E-state index contributed by atoms with van der Waals surface area (Å²) in [5, 5.41) is 7.77. The maximum Gasteiger partial charge on any atom is 0.243 e. The molecule has 8 heteroatoms. The summed E-state index contributed by atoms with van der Waals surface area (Å²) in [6.45, 7) is 10.1. The minimum Gasteiger partial charge on any atom is -0.355 e. The van der Waals surface area contributed by atoms with E-state index in [9.17, 15) is 4.79 Å². The van der Waals surface area contributed by atoms with Crippen LogP contribution in [0.25, 0.3) is 0 Å². The van der Waals surface area contributed by atoms with Crippen molar-refractivity contribution in [3.05, 3.63) is 15.6 Å². The minimum absolute atomic E-state index is 0.0110. The molecule has 1 saturated heterocycles. The molecule has 26 heavy (non-hydrogen) atoms. The third-order valence-corrected chi connectivity index (χ3v) is 5.83. The zero-order chi connectivity index (χ0) is 19.1. The molecule has 7 nitrogen and oxygen atoms in total. The molecule has 1 aliphatic heterocycles. The van der Waals surface area contributed by atoms with Crippen LogP contribution in [0.5, 0.6) is 0 Å². The highest BCUT2D eigenvalue weighted by molar-refractivity contribution is 7.11. The zero-order valence-electron chi connectivity index (χ0n) is 16.6. The summed E-state index contributed by atoms with van der Waals surface area (Å²) in [5.74, 6) is 0.664. The van der Waals surface area contributed by atoms with Gasteiger partial charge in [0, 0.05) is 31.6 Å². The first-order valence-electron chi connectivity index (χ1n) is 9.30. The fraction of sp³-hybridized carbons (Fsp3) is 0.722. The summed E-state index contributed by atoms with van der Waals surface area (Å²) in [6, 6.07) is 0.529. The van der Waals surface area contributed by atoms with Gasteiger partial charge in [-0.2, -0.15) is 0 Å². The summed E-state index contributed by atoms with van der Waals surface area (Å²) in [6.07, 6.45) is 2.45. The van der Waals surface area contributed by atoms with Crippen LogP contribution in [0.3, 0.4) is 0 Å². The van der Waals surface area contributed by atoms with Crippen LogP contribution in [-0.4, -0.2) is 73.0 Å². The first-order chi connectivity index (χ1) is 12.4. The summed E-state index contributed by atoms with van der Waals surface area (Å²) in [4.78, 5) is 26.2. The highest BCUT2D eigenvalue weighted by Gasteiger charge is 2.22. The predicted octanol–water partition coefficient (Wildman–Crippen LogP) is 1.37. The van der Waals surface area contributed by atoms with E-state index in [4.69, 9.17) is 0 Å². The molecule has 1 unspecified atom stereocenters. The van der Waals surface area contributed by atoms with Crippen molar-refractivity contribution < 1.29 is 4.79 Å². The van der Waals surface area contributed by atoms with Gasteiger partial charge >= 0.3 is 0 Å². The van der Waals surface area contributed by atoms with Gasteiger partial charge in [-0.1, -0.05) is 6.92 Å². The molecule has 0 bridgehead atoms. The lowest BCUT2D eigenvalue weighted by molar-refractivity contribution is -0.127. The van der Waals surface area contributed by atoms with Gasteiger partial charge < -0.3 is 15.5 Å². The van der Waals surface area contributed by atoms with E-state index in [-0.39, 0.29) is 12.5 Å². The van der Waals surface area contributed by atoms with Gasteiger partial charge in [0.25, 0.3) is 0 Å². The summed E-state index contributed by atoms with van der Waals surface area (Å²) in [7, 11) is 3.49. The van der Waals surface area contributed by atoms with Crippen LogP contribution in [-0.2, 0) is 11.3 Å². The second-order valence-electron chi connectivity index (χ2n) is 6.86. The Hall–Kier alpha value is -1.67. The van der Waals surface area contributed by atoms with E-state index in [2.05, 4.69) is 39.4 Å². The largest absolute Gasteiger partial charge is 0.355 e. The molecule has 0 aliphatic carbocycles. The number of nitrogens with zero attached hydrogens (tertiary/aromatic N) is 4. The number of aromatic nitrogens is 1. The Bertz CT molecular complexity index is 608. The molecule has 1 amide bonds. The fourth-order valence-electron chi connectivity index (χ4n) is 2.99. The number of aliphatic imine (C=N–C) groups is 1. The van der Waals surface area contributed by atoms with Crippen LogP contribution in [0.4, 0.5) is 0 Å². The van der Waals surface area contributed by atoms with E-state index < -0.39 is 0 Å². The van der Waals surface area contributed by atoms with Crippen molar-refractivity contribution in [2.75, 3.05) is 40.3 Å². The Morgan fingerprint density at radius 1 is 1.38 bits per heavy atom. The van der Waals surface area contributed by atoms with Gasteiger partial charge in [0.05, 0.1) is 12.2 Å². The van der Waals surface area contributed by atoms with Crippen LogP contribution in [0, 0.1) is 13.8 Å². The number of likely N-dealkylation sites (N-methyl/N-ethyl adjacent to an activating group) is 2. The molecule has 2 heterocycles. The number of nitrogens with one attached hydrogen (secondary N) is 2. The topological polar surface area (TPSA) is 72.9 Å². The molecular weight excluding hydrogens is 348 g/mol. The summed E-state index contributed by atoms with van der Waals surface area (Å²) >= 11 is 1.69. The van der Waals surface area contributed by atoms with Gasteiger partial charge in [-0.05, 0) is 39.8 Å². The van der Waals surface area contributed by atoms with E-state index in [0.29, 0.717) is 18.5 Å². The van der Waals surface area contributed by atoms with Crippen molar-refractivity contribution in [3.8, 4) is 0 Å². The van der Waals surface area contributed by atoms with Crippen LogP contribution in [0.1, 0.15) is 35.3 Å². The molecule has 2 N–H and O–H groups in total. The third kappa shape index (κ3) is 5.95. The number of guanidine groups is 1. The number of hydrogen-bond donors (Lipinski definition) is 2. The molecule has 1 aromatic heterocycles. The monoisotopic (exact) mass is 380 g/mol. The highest BCUT2D eigenvalue weighted by Crippen LogP contribution is 2.16. The molecule has 1 atom stereocenters. The lowest BCUT2D eigenvalue weighted by Crippen LogP contribution is -2.45. The molecular formula is C18H32N6OS. The van der Waals surface area contributed by atoms with Gasteiger partial charge in [0.15, 0.2) is 5.96 Å². The van der Waals surface area contributed by atoms with Crippen molar-refractivity contribution in [2.24, 2.45) is 4.99 Å². The van der Waals surface area contributed by atoms with Gasteiger partial charge in [0.2, 0.25) is 5.91 Å². The maximum atomic E-state index is 11.9. The highest BCUT2D eigenvalue weighted by atomic mass is 32.1. The van der Waals surface area contributed by atoms with Gasteiger partial charge in [-0.3, -0.25) is 9.69 Å².